The molecule has 0 aromatic heterocycles. The van der Waals surface area contributed by atoms with Crippen molar-refractivity contribution >= 4 is 0 Å². The number of allylic oxidation sites excluding steroid dienone is 2. The van der Waals surface area contributed by atoms with Crippen molar-refractivity contribution in [2.75, 3.05) is 0 Å². The fourth-order valence-corrected chi connectivity index (χ4v) is 2.27. The number of hydrogen-bond acceptors (Lipinski definition) is 1. The Balaban J connectivity index is 3.19. The molecule has 0 saturated carbocycles. The van der Waals surface area contributed by atoms with Gasteiger partial charge in [0, 0.05) is 5.57 Å². The molecule has 0 aromatic carbocycles. The quantitative estimate of drug-likeness (QED) is 0.619. The van der Waals surface area contributed by atoms with E-state index in [1.807, 2.05) is 0 Å². The third-order valence-corrected chi connectivity index (χ3v) is 3.29. The highest BCUT2D eigenvalue weighted by Gasteiger charge is 2.35. The fraction of sp³-hybridized carbons (Fsp3) is 0.733. The summed E-state index contributed by atoms with van der Waals surface area (Å²) in [5.74, 6) is 6.10. The maximum absolute atomic E-state index is 9.28. The van der Waals surface area contributed by atoms with Gasteiger partial charge in [-0.1, -0.05) is 52.0 Å². The summed E-state index contributed by atoms with van der Waals surface area (Å²) >= 11 is 0. The van der Waals surface area contributed by atoms with E-state index in [1.165, 1.54) is 17.6 Å². The van der Waals surface area contributed by atoms with Crippen LogP contribution in [0.1, 0.15) is 54.4 Å². The van der Waals surface area contributed by atoms with Crippen molar-refractivity contribution in [3.8, 4) is 11.8 Å². The molecule has 1 nitrogen and oxygen atoms in total. The molecule has 0 bridgehead atoms. The summed E-state index contributed by atoms with van der Waals surface area (Å²) in [5, 5.41) is 9.28. The molecule has 1 aliphatic carbocycles. The Labute approximate surface area is 99.9 Å². The Kier molecular flexibility index (Phi) is 3.55. The molecule has 0 saturated heterocycles. The van der Waals surface area contributed by atoms with Gasteiger partial charge in [0.15, 0.2) is 0 Å². The van der Waals surface area contributed by atoms with Crippen molar-refractivity contribution in [1.29, 1.82) is 0 Å². The summed E-state index contributed by atoms with van der Waals surface area (Å²) in [6.07, 6.45) is 1.77. The first-order chi connectivity index (χ1) is 7.14. The largest absolute Gasteiger partial charge is 0.381 e. The molecule has 1 rings (SSSR count). The van der Waals surface area contributed by atoms with Crippen molar-refractivity contribution in [3.05, 3.63) is 11.1 Å². The number of aliphatic hydroxyl groups is 1. The van der Waals surface area contributed by atoms with Crippen LogP contribution in [-0.4, -0.2) is 11.2 Å². The SMILES string of the molecule is CC(O)C#CC1=C(C(C)(C)C)CCC1(C)C. The first kappa shape index (κ1) is 13.3. The van der Waals surface area contributed by atoms with Crippen molar-refractivity contribution in [1.82, 2.24) is 0 Å². The molecule has 0 aliphatic heterocycles. The normalized spacial score (nSPS) is 21.7. The summed E-state index contributed by atoms with van der Waals surface area (Å²) < 4.78 is 0. The van der Waals surface area contributed by atoms with E-state index in [0.717, 1.165) is 6.42 Å². The Bertz CT molecular complexity index is 353. The first-order valence-electron chi connectivity index (χ1n) is 6.08. The molecule has 90 valence electrons. The molecule has 0 amide bonds. The zero-order valence-electron chi connectivity index (χ0n) is 11.4. The molecule has 0 fully saturated rings. The second-order valence-electron chi connectivity index (χ2n) is 6.43. The number of aliphatic hydroxyl groups excluding tert-OH is 1. The van der Waals surface area contributed by atoms with Crippen molar-refractivity contribution < 1.29 is 5.11 Å². The highest BCUT2D eigenvalue weighted by molar-refractivity contribution is 5.44. The van der Waals surface area contributed by atoms with Gasteiger partial charge in [-0.3, -0.25) is 0 Å². The molecule has 0 aromatic rings. The van der Waals surface area contributed by atoms with Gasteiger partial charge in [0.1, 0.15) is 6.10 Å². The van der Waals surface area contributed by atoms with Crippen molar-refractivity contribution in [3.63, 3.8) is 0 Å². The number of hydrogen-bond donors (Lipinski definition) is 1. The molecular formula is C15H24O. The second-order valence-corrected chi connectivity index (χ2v) is 6.43. The van der Waals surface area contributed by atoms with Gasteiger partial charge in [0.2, 0.25) is 0 Å². The van der Waals surface area contributed by atoms with Crippen LogP contribution in [-0.2, 0) is 0 Å². The Hall–Kier alpha value is -0.740. The minimum Gasteiger partial charge on any atom is -0.381 e. The van der Waals surface area contributed by atoms with Gasteiger partial charge in [-0.15, -0.1) is 0 Å². The zero-order chi connectivity index (χ0) is 12.6. The summed E-state index contributed by atoms with van der Waals surface area (Å²) in [7, 11) is 0. The van der Waals surface area contributed by atoms with E-state index < -0.39 is 6.10 Å². The minimum atomic E-state index is -0.537. The summed E-state index contributed by atoms with van der Waals surface area (Å²) in [6.45, 7) is 12.9. The molecule has 1 N–H and O–H groups in total. The Morgan fingerprint density at radius 1 is 1.31 bits per heavy atom. The van der Waals surface area contributed by atoms with Crippen LogP contribution in [0, 0.1) is 22.7 Å². The molecule has 0 heterocycles. The first-order valence-corrected chi connectivity index (χ1v) is 6.08. The fourth-order valence-electron chi connectivity index (χ4n) is 2.27. The average Bonchev–Trinajstić information content (AvgIpc) is 2.36. The third kappa shape index (κ3) is 2.89. The zero-order valence-corrected chi connectivity index (χ0v) is 11.4. The molecule has 16 heavy (non-hydrogen) atoms. The van der Waals surface area contributed by atoms with Crippen LogP contribution < -0.4 is 0 Å². The molecule has 0 radical (unpaired) electrons. The predicted octanol–water partition coefficient (Wildman–Crippen LogP) is 3.53. The van der Waals surface area contributed by atoms with Crippen LogP contribution in [0.2, 0.25) is 0 Å². The molecule has 1 heteroatoms. The van der Waals surface area contributed by atoms with Gasteiger partial charge in [0.05, 0.1) is 0 Å². The van der Waals surface area contributed by atoms with Crippen LogP contribution in [0.15, 0.2) is 11.1 Å². The molecule has 1 aliphatic rings. The lowest BCUT2D eigenvalue weighted by Crippen LogP contribution is -2.13. The van der Waals surface area contributed by atoms with E-state index in [4.69, 9.17) is 0 Å². The van der Waals surface area contributed by atoms with Gasteiger partial charge < -0.3 is 5.11 Å². The van der Waals surface area contributed by atoms with Crippen LogP contribution in [0.25, 0.3) is 0 Å². The predicted molar refractivity (Wildman–Crippen MR) is 69.0 cm³/mol. The molecular weight excluding hydrogens is 196 g/mol. The van der Waals surface area contributed by atoms with Crippen molar-refractivity contribution in [2.45, 2.75) is 60.5 Å². The van der Waals surface area contributed by atoms with Gasteiger partial charge in [-0.05, 0) is 30.6 Å². The monoisotopic (exact) mass is 220 g/mol. The maximum atomic E-state index is 9.28. The second kappa shape index (κ2) is 4.26. The smallest absolute Gasteiger partial charge is 0.112 e. The lowest BCUT2D eigenvalue weighted by Gasteiger charge is -2.23. The van der Waals surface area contributed by atoms with Crippen LogP contribution in [0.5, 0.6) is 0 Å². The minimum absolute atomic E-state index is 0.171. The Morgan fingerprint density at radius 2 is 1.88 bits per heavy atom. The summed E-state index contributed by atoms with van der Waals surface area (Å²) in [6, 6.07) is 0. The van der Waals surface area contributed by atoms with E-state index in [9.17, 15) is 5.11 Å². The average molecular weight is 220 g/mol. The van der Waals surface area contributed by atoms with E-state index in [2.05, 4.69) is 46.5 Å². The van der Waals surface area contributed by atoms with E-state index >= 15 is 0 Å². The van der Waals surface area contributed by atoms with E-state index in [0.29, 0.717) is 0 Å². The molecule has 0 spiro atoms. The third-order valence-electron chi connectivity index (χ3n) is 3.29. The number of rotatable bonds is 0. The molecule has 1 atom stereocenters. The van der Waals surface area contributed by atoms with Crippen molar-refractivity contribution in [2.24, 2.45) is 10.8 Å². The van der Waals surface area contributed by atoms with Gasteiger partial charge in [0.25, 0.3) is 0 Å². The lowest BCUT2D eigenvalue weighted by atomic mass is 9.80. The van der Waals surface area contributed by atoms with E-state index in [1.54, 1.807) is 6.92 Å². The highest BCUT2D eigenvalue weighted by Crippen LogP contribution is 2.48. The maximum Gasteiger partial charge on any atom is 0.112 e. The standard InChI is InChI=1S/C15H24O/c1-11(16)7-8-13-12(14(2,3)4)9-10-15(13,5)6/h11,16H,9-10H2,1-6H3. The topological polar surface area (TPSA) is 20.2 Å². The lowest BCUT2D eigenvalue weighted by molar-refractivity contribution is 0.253. The van der Waals surface area contributed by atoms with Crippen LogP contribution in [0.3, 0.4) is 0 Å². The van der Waals surface area contributed by atoms with Gasteiger partial charge in [-0.2, -0.15) is 0 Å². The Morgan fingerprint density at radius 3 is 2.31 bits per heavy atom. The summed E-state index contributed by atoms with van der Waals surface area (Å²) in [4.78, 5) is 0. The van der Waals surface area contributed by atoms with Gasteiger partial charge >= 0.3 is 0 Å². The summed E-state index contributed by atoms with van der Waals surface area (Å²) in [5.41, 5.74) is 3.08. The highest BCUT2D eigenvalue weighted by atomic mass is 16.3. The van der Waals surface area contributed by atoms with Crippen LogP contribution in [0.4, 0.5) is 0 Å². The van der Waals surface area contributed by atoms with E-state index in [-0.39, 0.29) is 10.8 Å². The molecule has 1 unspecified atom stereocenters. The van der Waals surface area contributed by atoms with Crippen LogP contribution >= 0.6 is 0 Å². The van der Waals surface area contributed by atoms with Gasteiger partial charge in [-0.25, -0.2) is 0 Å².